The van der Waals surface area contributed by atoms with E-state index < -0.39 is 29.8 Å². The first-order chi connectivity index (χ1) is 13.2. The summed E-state index contributed by atoms with van der Waals surface area (Å²) in [6.45, 7) is 1.60. The van der Waals surface area contributed by atoms with Crippen molar-refractivity contribution in [2.75, 3.05) is 5.73 Å². The van der Waals surface area contributed by atoms with Gasteiger partial charge in [0.2, 0.25) is 0 Å². The van der Waals surface area contributed by atoms with Gasteiger partial charge in [0.25, 0.3) is 0 Å². The van der Waals surface area contributed by atoms with Crippen LogP contribution >= 0.6 is 23.2 Å². The molecule has 0 saturated heterocycles. The molecule has 0 unspecified atom stereocenters. The summed E-state index contributed by atoms with van der Waals surface area (Å²) >= 11 is 12.1. The number of aliphatic hydroxyl groups excluding tert-OH is 2. The summed E-state index contributed by atoms with van der Waals surface area (Å²) in [5.41, 5.74) is 5.54. The number of rotatable bonds is 3. The molecule has 28 heavy (non-hydrogen) atoms. The fraction of sp³-hybridized carbons (Fsp3) is 0.368. The summed E-state index contributed by atoms with van der Waals surface area (Å²) in [7, 11) is 0. The maximum atomic E-state index is 11.2. The molecule has 7 nitrogen and oxygen atoms in total. The number of hydrogen-bond acceptors (Lipinski definition) is 6. The van der Waals surface area contributed by atoms with Crippen LogP contribution in [0.3, 0.4) is 0 Å². The SMILES string of the molecule is C[C@](O)(c1ccc(Cl)c(Cl)c1)[C@H]1C[C@@H](n2ccc3c(N)ncnc32)[C@H](O)[C@@H]1O. The first kappa shape index (κ1) is 19.4. The second kappa shape index (κ2) is 6.86. The molecular formula is C19H20Cl2N4O3. The minimum absolute atomic E-state index is 0.313. The molecule has 0 radical (unpaired) electrons. The molecule has 0 aliphatic heterocycles. The maximum absolute atomic E-state index is 11.2. The van der Waals surface area contributed by atoms with Gasteiger partial charge in [0.1, 0.15) is 23.9 Å². The number of benzene rings is 1. The molecule has 0 amide bonds. The Labute approximate surface area is 171 Å². The van der Waals surface area contributed by atoms with Crippen LogP contribution in [-0.4, -0.2) is 42.1 Å². The van der Waals surface area contributed by atoms with Crippen LogP contribution in [0.4, 0.5) is 5.82 Å². The molecule has 2 aromatic heterocycles. The highest BCUT2D eigenvalue weighted by Crippen LogP contribution is 2.46. The van der Waals surface area contributed by atoms with Crippen molar-refractivity contribution >= 4 is 40.1 Å². The molecule has 3 aromatic rings. The van der Waals surface area contributed by atoms with Gasteiger partial charge in [-0.25, -0.2) is 9.97 Å². The van der Waals surface area contributed by atoms with Crippen LogP contribution in [0.2, 0.25) is 10.0 Å². The number of aromatic nitrogens is 3. The van der Waals surface area contributed by atoms with Crippen molar-refractivity contribution in [3.8, 4) is 0 Å². The van der Waals surface area contributed by atoms with Gasteiger partial charge in [-0.15, -0.1) is 0 Å². The summed E-state index contributed by atoms with van der Waals surface area (Å²) in [4.78, 5) is 8.23. The van der Waals surface area contributed by atoms with Crippen molar-refractivity contribution in [2.24, 2.45) is 5.92 Å². The van der Waals surface area contributed by atoms with Crippen LogP contribution in [0, 0.1) is 5.92 Å². The summed E-state index contributed by atoms with van der Waals surface area (Å²) < 4.78 is 1.77. The largest absolute Gasteiger partial charge is 0.390 e. The summed E-state index contributed by atoms with van der Waals surface area (Å²) in [6.07, 6.45) is 1.20. The Bertz CT molecular complexity index is 1040. The van der Waals surface area contributed by atoms with E-state index in [1.165, 1.54) is 6.33 Å². The summed E-state index contributed by atoms with van der Waals surface area (Å²) in [5, 5.41) is 34.1. The first-order valence-electron chi connectivity index (χ1n) is 8.83. The zero-order valence-electron chi connectivity index (χ0n) is 15.0. The van der Waals surface area contributed by atoms with E-state index in [2.05, 4.69) is 9.97 Å². The fourth-order valence-electron chi connectivity index (χ4n) is 4.13. The molecule has 4 rings (SSSR count). The number of halogens is 2. The van der Waals surface area contributed by atoms with E-state index in [0.717, 1.165) is 0 Å². The number of hydrogen-bond donors (Lipinski definition) is 4. The van der Waals surface area contributed by atoms with Crippen molar-refractivity contribution in [2.45, 2.75) is 37.2 Å². The quantitative estimate of drug-likeness (QED) is 0.514. The maximum Gasteiger partial charge on any atom is 0.145 e. The number of nitrogens with zero attached hydrogens (tertiary/aromatic N) is 3. The second-order valence-electron chi connectivity index (χ2n) is 7.39. The van der Waals surface area contributed by atoms with Crippen LogP contribution in [0.25, 0.3) is 11.0 Å². The van der Waals surface area contributed by atoms with Crippen molar-refractivity contribution in [3.05, 3.63) is 52.4 Å². The standard InChI is InChI=1S/C19H20Cl2N4O3/c1-19(28,9-2-3-12(20)13(21)6-9)11-7-14(16(27)15(11)26)25-5-4-10-17(22)23-8-24-18(10)25/h2-6,8,11,14-16,26-28H,7H2,1H3,(H2,22,23,24)/t11-,14+,15+,16-,19-/m0/s1. The molecule has 1 aromatic carbocycles. The van der Waals surface area contributed by atoms with Crippen LogP contribution in [0.1, 0.15) is 24.9 Å². The number of aliphatic hydroxyl groups is 3. The zero-order valence-corrected chi connectivity index (χ0v) is 16.5. The van der Waals surface area contributed by atoms with Gasteiger partial charge in [0.15, 0.2) is 0 Å². The van der Waals surface area contributed by atoms with Gasteiger partial charge in [-0.1, -0.05) is 29.3 Å². The molecule has 1 aliphatic rings. The van der Waals surface area contributed by atoms with Gasteiger partial charge >= 0.3 is 0 Å². The van der Waals surface area contributed by atoms with Crippen molar-refractivity contribution < 1.29 is 15.3 Å². The third-order valence-corrected chi connectivity index (χ3v) is 6.51. The molecule has 1 fully saturated rings. The van der Waals surface area contributed by atoms with Crippen LogP contribution in [-0.2, 0) is 5.60 Å². The lowest BCUT2D eigenvalue weighted by Crippen LogP contribution is -2.40. The smallest absolute Gasteiger partial charge is 0.145 e. The Balaban J connectivity index is 1.71. The Hall–Kier alpha value is -1.90. The van der Waals surface area contributed by atoms with Crippen molar-refractivity contribution in [1.29, 1.82) is 0 Å². The molecule has 5 atom stereocenters. The summed E-state index contributed by atoms with van der Waals surface area (Å²) in [5.74, 6) is -0.294. The van der Waals surface area contributed by atoms with Crippen molar-refractivity contribution in [3.63, 3.8) is 0 Å². The average Bonchev–Trinajstić information content (AvgIpc) is 3.20. The number of nitrogen functional groups attached to an aromatic ring is 1. The van der Waals surface area contributed by atoms with Gasteiger partial charge in [0.05, 0.1) is 33.2 Å². The normalized spacial score (nSPS) is 27.2. The molecule has 1 aliphatic carbocycles. The van der Waals surface area contributed by atoms with Gasteiger partial charge in [-0.2, -0.15) is 0 Å². The predicted octanol–water partition coefficient (Wildman–Crippen LogP) is 2.51. The van der Waals surface area contributed by atoms with Crippen LogP contribution < -0.4 is 5.73 Å². The summed E-state index contributed by atoms with van der Waals surface area (Å²) in [6, 6.07) is 6.13. The molecular weight excluding hydrogens is 403 g/mol. The minimum Gasteiger partial charge on any atom is -0.390 e. The number of anilines is 1. The van der Waals surface area contributed by atoms with Gasteiger partial charge in [0, 0.05) is 12.1 Å². The van der Waals surface area contributed by atoms with Gasteiger partial charge in [-0.05, 0) is 37.1 Å². The Morgan fingerprint density at radius 3 is 2.61 bits per heavy atom. The van der Waals surface area contributed by atoms with E-state index >= 15 is 0 Å². The minimum atomic E-state index is -1.43. The van der Waals surface area contributed by atoms with Crippen LogP contribution in [0.5, 0.6) is 0 Å². The Morgan fingerprint density at radius 1 is 1.14 bits per heavy atom. The highest BCUT2D eigenvalue weighted by molar-refractivity contribution is 6.42. The molecule has 148 valence electrons. The molecule has 9 heteroatoms. The molecule has 2 heterocycles. The molecule has 0 bridgehead atoms. The van der Waals surface area contributed by atoms with Crippen molar-refractivity contribution in [1.82, 2.24) is 14.5 Å². The van der Waals surface area contributed by atoms with Gasteiger partial charge < -0.3 is 25.6 Å². The Kier molecular flexibility index (Phi) is 4.76. The van der Waals surface area contributed by atoms with E-state index in [1.54, 1.807) is 42.0 Å². The molecule has 0 spiro atoms. The third kappa shape index (κ3) is 2.94. The van der Waals surface area contributed by atoms with E-state index in [1.807, 2.05) is 0 Å². The molecule has 5 N–H and O–H groups in total. The zero-order chi connectivity index (χ0) is 20.2. The Morgan fingerprint density at radius 2 is 1.89 bits per heavy atom. The fourth-order valence-corrected chi connectivity index (χ4v) is 4.43. The molecule has 1 saturated carbocycles. The van der Waals surface area contributed by atoms with E-state index in [4.69, 9.17) is 28.9 Å². The average molecular weight is 423 g/mol. The first-order valence-corrected chi connectivity index (χ1v) is 9.58. The number of fused-ring (bicyclic) bond motifs is 1. The van der Waals surface area contributed by atoms with Crippen LogP contribution in [0.15, 0.2) is 36.8 Å². The third-order valence-electron chi connectivity index (χ3n) is 5.78. The monoisotopic (exact) mass is 422 g/mol. The van der Waals surface area contributed by atoms with E-state index in [-0.39, 0.29) is 0 Å². The highest BCUT2D eigenvalue weighted by Gasteiger charge is 2.51. The lowest BCUT2D eigenvalue weighted by Gasteiger charge is -2.33. The second-order valence-corrected chi connectivity index (χ2v) is 8.20. The lowest BCUT2D eigenvalue weighted by atomic mass is 9.80. The van der Waals surface area contributed by atoms with E-state index in [0.29, 0.717) is 38.9 Å². The number of nitrogens with two attached hydrogens (primary N) is 1. The topological polar surface area (TPSA) is 117 Å². The van der Waals surface area contributed by atoms with E-state index in [9.17, 15) is 15.3 Å². The highest BCUT2D eigenvalue weighted by atomic mass is 35.5. The lowest BCUT2D eigenvalue weighted by molar-refractivity contribution is -0.0751. The predicted molar refractivity (Wildman–Crippen MR) is 107 cm³/mol. The van der Waals surface area contributed by atoms with Gasteiger partial charge in [-0.3, -0.25) is 0 Å².